The summed E-state index contributed by atoms with van der Waals surface area (Å²) in [5.41, 5.74) is 1.66. The molecule has 6 nitrogen and oxygen atoms in total. The zero-order valence-electron chi connectivity index (χ0n) is 15.6. The van der Waals surface area contributed by atoms with Crippen LogP contribution in [0.5, 0.6) is 5.75 Å². The van der Waals surface area contributed by atoms with Crippen molar-refractivity contribution in [3.63, 3.8) is 0 Å². The van der Waals surface area contributed by atoms with Crippen LogP contribution < -0.4 is 9.46 Å². The van der Waals surface area contributed by atoms with Gasteiger partial charge in [0, 0.05) is 12.1 Å². The van der Waals surface area contributed by atoms with Gasteiger partial charge in [0.1, 0.15) is 5.75 Å². The number of methoxy groups -OCH3 is 1. The van der Waals surface area contributed by atoms with Crippen LogP contribution in [0.1, 0.15) is 37.7 Å². The van der Waals surface area contributed by atoms with Crippen molar-refractivity contribution in [2.24, 2.45) is 5.92 Å². The van der Waals surface area contributed by atoms with Gasteiger partial charge in [0.15, 0.2) is 0 Å². The third kappa shape index (κ3) is 7.86. The summed E-state index contributed by atoms with van der Waals surface area (Å²) in [4.78, 5) is 10.5. The normalized spacial score (nSPS) is 17.1. The predicted molar refractivity (Wildman–Crippen MR) is 105 cm³/mol. The van der Waals surface area contributed by atoms with Crippen LogP contribution in [0.4, 0.5) is 0 Å². The smallest absolute Gasteiger partial charge is 0.303 e. The fraction of sp³-hybridized carbons (Fsp3) is 0.450. The summed E-state index contributed by atoms with van der Waals surface area (Å²) in [5, 5.41) is 8.60. The second-order valence-electron chi connectivity index (χ2n) is 6.63. The standard InChI is InChI=1S/C20H27NO5S/c1-26-19-8-5-7-17(15-19)12-13-27(24,25)21-18-11-10-16(14-18)6-3-2-4-9-20(22)23/h3,5-8,14-16,21H,2,4,9-13H2,1H3,(H,22,23). The quantitative estimate of drug-likeness (QED) is 0.445. The number of nitrogens with one attached hydrogen (secondary N) is 1. The predicted octanol–water partition coefficient (Wildman–Crippen LogP) is 3.26. The van der Waals surface area contributed by atoms with Gasteiger partial charge in [-0.25, -0.2) is 8.42 Å². The van der Waals surface area contributed by atoms with E-state index in [0.29, 0.717) is 25.0 Å². The van der Waals surface area contributed by atoms with Gasteiger partial charge in [-0.05, 0) is 55.7 Å². The molecule has 1 atom stereocenters. The van der Waals surface area contributed by atoms with Gasteiger partial charge in [0.25, 0.3) is 0 Å². The maximum absolute atomic E-state index is 12.3. The van der Waals surface area contributed by atoms with E-state index in [1.807, 2.05) is 42.5 Å². The molecule has 0 aliphatic heterocycles. The molecule has 0 aromatic heterocycles. The zero-order valence-corrected chi connectivity index (χ0v) is 16.4. The Labute approximate surface area is 161 Å². The largest absolute Gasteiger partial charge is 0.497 e. The fourth-order valence-electron chi connectivity index (χ4n) is 2.96. The van der Waals surface area contributed by atoms with Gasteiger partial charge < -0.3 is 9.84 Å². The van der Waals surface area contributed by atoms with Gasteiger partial charge in [0.05, 0.1) is 12.9 Å². The average Bonchev–Trinajstić information content (AvgIpc) is 3.06. The summed E-state index contributed by atoms with van der Waals surface area (Å²) in [6.07, 6.45) is 9.44. The number of allylic oxidation sites excluding steroid dienone is 4. The summed E-state index contributed by atoms with van der Waals surface area (Å²) < 4.78 is 32.5. The number of rotatable bonds is 11. The molecule has 1 unspecified atom stereocenters. The number of unbranched alkanes of at least 4 members (excludes halogenated alkanes) is 1. The van der Waals surface area contributed by atoms with E-state index >= 15 is 0 Å². The van der Waals surface area contributed by atoms with E-state index in [1.165, 1.54) is 0 Å². The second kappa shape index (κ2) is 10.2. The number of carboxylic acids is 1. The molecule has 1 aliphatic rings. The Kier molecular flexibility index (Phi) is 7.91. The first kappa shape index (κ1) is 21.0. The Morgan fingerprint density at radius 1 is 1.41 bits per heavy atom. The molecule has 0 saturated carbocycles. The minimum Gasteiger partial charge on any atom is -0.497 e. The summed E-state index contributed by atoms with van der Waals surface area (Å²) in [6, 6.07) is 7.41. The number of sulfonamides is 1. The Morgan fingerprint density at radius 2 is 2.22 bits per heavy atom. The molecule has 2 rings (SSSR count). The lowest BCUT2D eigenvalue weighted by Gasteiger charge is -2.09. The first-order valence-electron chi connectivity index (χ1n) is 9.10. The number of aliphatic carboxylic acids is 1. The number of hydrogen-bond donors (Lipinski definition) is 2. The SMILES string of the molecule is COc1cccc(CCS(=O)(=O)NC2=CC(C=CCCCC(=O)O)CC2)c1. The fourth-order valence-corrected chi connectivity index (χ4v) is 4.13. The number of ether oxygens (including phenoxy) is 1. The van der Waals surface area contributed by atoms with Crippen LogP contribution in [-0.2, 0) is 21.2 Å². The number of hydrogen-bond acceptors (Lipinski definition) is 4. The Bertz CT molecular complexity index is 798. The Hall–Kier alpha value is -2.28. The number of carbonyl (C=O) groups is 1. The van der Waals surface area contributed by atoms with E-state index in [1.54, 1.807) is 7.11 Å². The van der Waals surface area contributed by atoms with Gasteiger partial charge >= 0.3 is 5.97 Å². The van der Waals surface area contributed by atoms with Crippen molar-refractivity contribution in [3.8, 4) is 5.75 Å². The molecule has 0 fully saturated rings. The second-order valence-corrected chi connectivity index (χ2v) is 8.47. The van der Waals surface area contributed by atoms with Gasteiger partial charge in [0.2, 0.25) is 10.0 Å². The van der Waals surface area contributed by atoms with E-state index in [9.17, 15) is 13.2 Å². The molecule has 2 N–H and O–H groups in total. The van der Waals surface area contributed by atoms with Crippen molar-refractivity contribution in [1.29, 1.82) is 0 Å². The van der Waals surface area contributed by atoms with Crippen LogP contribution >= 0.6 is 0 Å². The lowest BCUT2D eigenvalue weighted by atomic mass is 10.1. The van der Waals surface area contributed by atoms with Gasteiger partial charge in [-0.1, -0.05) is 30.4 Å². The van der Waals surface area contributed by atoms with Crippen LogP contribution in [0, 0.1) is 5.92 Å². The van der Waals surface area contributed by atoms with Crippen molar-refractivity contribution in [2.45, 2.75) is 38.5 Å². The van der Waals surface area contributed by atoms with E-state index in [-0.39, 0.29) is 18.1 Å². The lowest BCUT2D eigenvalue weighted by Crippen LogP contribution is -2.26. The summed E-state index contributed by atoms with van der Waals surface area (Å²) in [7, 11) is -1.81. The highest BCUT2D eigenvalue weighted by Gasteiger charge is 2.18. The van der Waals surface area contributed by atoms with E-state index < -0.39 is 16.0 Å². The zero-order chi connectivity index (χ0) is 19.7. The lowest BCUT2D eigenvalue weighted by molar-refractivity contribution is -0.137. The monoisotopic (exact) mass is 393 g/mol. The van der Waals surface area contributed by atoms with Crippen molar-refractivity contribution >= 4 is 16.0 Å². The summed E-state index contributed by atoms with van der Waals surface area (Å²) in [5.74, 6) is 0.155. The third-order valence-corrected chi connectivity index (χ3v) is 5.70. The third-order valence-electron chi connectivity index (χ3n) is 4.39. The van der Waals surface area contributed by atoms with Crippen LogP contribution in [0.15, 0.2) is 48.2 Å². The molecule has 148 valence electrons. The highest BCUT2D eigenvalue weighted by molar-refractivity contribution is 7.89. The van der Waals surface area contributed by atoms with E-state index in [0.717, 1.165) is 24.1 Å². The van der Waals surface area contributed by atoms with Crippen molar-refractivity contribution in [1.82, 2.24) is 4.72 Å². The molecule has 0 bridgehead atoms. The summed E-state index contributed by atoms with van der Waals surface area (Å²) in [6.45, 7) is 0. The molecular weight excluding hydrogens is 366 g/mol. The van der Waals surface area contributed by atoms with Crippen LogP contribution in [-0.4, -0.2) is 32.4 Å². The molecule has 7 heteroatoms. The van der Waals surface area contributed by atoms with E-state index in [2.05, 4.69) is 4.72 Å². The van der Waals surface area contributed by atoms with Crippen LogP contribution in [0.3, 0.4) is 0 Å². The first-order valence-corrected chi connectivity index (χ1v) is 10.8. The highest BCUT2D eigenvalue weighted by Crippen LogP contribution is 2.24. The minimum atomic E-state index is -3.39. The van der Waals surface area contributed by atoms with Gasteiger partial charge in [-0.15, -0.1) is 0 Å². The molecule has 0 amide bonds. The molecule has 1 aliphatic carbocycles. The van der Waals surface area contributed by atoms with Crippen molar-refractivity contribution < 1.29 is 23.1 Å². The number of benzene rings is 1. The Morgan fingerprint density at radius 3 is 2.96 bits per heavy atom. The molecular formula is C20H27NO5S. The molecule has 1 aromatic rings. The highest BCUT2D eigenvalue weighted by atomic mass is 32.2. The van der Waals surface area contributed by atoms with Crippen LogP contribution in [0.25, 0.3) is 0 Å². The molecule has 0 radical (unpaired) electrons. The molecule has 0 heterocycles. The number of carboxylic acid groups (broad SMARTS) is 1. The first-order chi connectivity index (χ1) is 12.9. The summed E-state index contributed by atoms with van der Waals surface area (Å²) >= 11 is 0. The van der Waals surface area contributed by atoms with Crippen molar-refractivity contribution in [3.05, 3.63) is 53.8 Å². The van der Waals surface area contributed by atoms with E-state index in [4.69, 9.17) is 9.84 Å². The molecule has 1 aromatic carbocycles. The minimum absolute atomic E-state index is 0.0210. The molecule has 0 spiro atoms. The average molecular weight is 394 g/mol. The topological polar surface area (TPSA) is 92.7 Å². The maximum atomic E-state index is 12.3. The molecule has 27 heavy (non-hydrogen) atoms. The van der Waals surface area contributed by atoms with Crippen LogP contribution in [0.2, 0.25) is 0 Å². The van der Waals surface area contributed by atoms with Crippen molar-refractivity contribution in [2.75, 3.05) is 12.9 Å². The number of aryl methyl sites for hydroxylation is 1. The molecule has 0 saturated heterocycles. The maximum Gasteiger partial charge on any atom is 0.303 e. The van der Waals surface area contributed by atoms with Gasteiger partial charge in [-0.3, -0.25) is 9.52 Å². The Balaban J connectivity index is 1.80. The van der Waals surface area contributed by atoms with Gasteiger partial charge in [-0.2, -0.15) is 0 Å².